The van der Waals surface area contributed by atoms with Crippen LogP contribution in [-0.2, 0) is 29.0 Å². The molecule has 7 heteroatoms. The second-order valence-corrected chi connectivity index (χ2v) is 5.70. The third-order valence-electron chi connectivity index (χ3n) is 4.06. The van der Waals surface area contributed by atoms with Gasteiger partial charge in [-0.2, -0.15) is 5.10 Å². The molecule has 24 heavy (non-hydrogen) atoms. The number of aromatic nitrogens is 2. The van der Waals surface area contributed by atoms with Gasteiger partial charge >= 0.3 is 0 Å². The van der Waals surface area contributed by atoms with Crippen LogP contribution in [0.5, 0.6) is 0 Å². The van der Waals surface area contributed by atoms with E-state index in [9.17, 15) is 9.59 Å². The average molecular weight is 328 g/mol. The van der Waals surface area contributed by atoms with Gasteiger partial charge in [-0.1, -0.05) is 30.3 Å². The van der Waals surface area contributed by atoms with Gasteiger partial charge in [0.15, 0.2) is 5.69 Å². The van der Waals surface area contributed by atoms with Gasteiger partial charge in [0.05, 0.1) is 0 Å². The molecule has 0 atom stereocenters. The average Bonchev–Trinajstić information content (AvgIpc) is 3.04. The molecule has 1 aliphatic heterocycles. The lowest BCUT2D eigenvalue weighted by Crippen LogP contribution is -2.38. The lowest BCUT2D eigenvalue weighted by molar-refractivity contribution is -0.136. The molecule has 7 nitrogen and oxygen atoms in total. The van der Waals surface area contributed by atoms with Crippen LogP contribution in [0.4, 0.5) is 0 Å². The fourth-order valence-corrected chi connectivity index (χ4v) is 2.77. The van der Waals surface area contributed by atoms with Crippen molar-refractivity contribution in [3.63, 3.8) is 0 Å². The Morgan fingerprint density at radius 3 is 2.88 bits per heavy atom. The van der Waals surface area contributed by atoms with Gasteiger partial charge in [-0.05, 0) is 5.56 Å². The molecule has 3 rings (SSSR count). The Morgan fingerprint density at radius 1 is 1.33 bits per heavy atom. The highest BCUT2D eigenvalue weighted by atomic mass is 16.5. The minimum absolute atomic E-state index is 0.0444. The van der Waals surface area contributed by atoms with Crippen LogP contribution in [0.1, 0.15) is 27.3 Å². The normalized spacial score (nSPS) is 13.5. The summed E-state index contributed by atoms with van der Waals surface area (Å²) < 4.78 is 4.90. The van der Waals surface area contributed by atoms with Crippen molar-refractivity contribution in [2.75, 3.05) is 20.3 Å². The first-order valence-electron chi connectivity index (χ1n) is 7.84. The molecule has 0 radical (unpaired) electrons. The Morgan fingerprint density at radius 2 is 2.12 bits per heavy atom. The van der Waals surface area contributed by atoms with Crippen molar-refractivity contribution in [3.8, 4) is 0 Å². The first-order valence-corrected chi connectivity index (χ1v) is 7.84. The van der Waals surface area contributed by atoms with Crippen LogP contribution in [-0.4, -0.2) is 47.2 Å². The van der Waals surface area contributed by atoms with Gasteiger partial charge in [0.1, 0.15) is 6.61 Å². The predicted molar refractivity (Wildman–Crippen MR) is 87.2 cm³/mol. The highest BCUT2D eigenvalue weighted by Gasteiger charge is 2.27. The first-order chi connectivity index (χ1) is 11.7. The minimum Gasteiger partial charge on any atom is -0.375 e. The molecule has 2 N–H and O–H groups in total. The zero-order chi connectivity index (χ0) is 16.9. The number of hydrogen-bond acceptors (Lipinski definition) is 4. The Hall–Kier alpha value is -2.67. The van der Waals surface area contributed by atoms with E-state index in [2.05, 4.69) is 15.5 Å². The van der Waals surface area contributed by atoms with Crippen LogP contribution in [0.15, 0.2) is 30.3 Å². The van der Waals surface area contributed by atoms with Crippen LogP contribution < -0.4 is 5.32 Å². The summed E-state index contributed by atoms with van der Waals surface area (Å²) in [5.41, 5.74) is 3.08. The molecule has 0 aliphatic carbocycles. The van der Waals surface area contributed by atoms with Gasteiger partial charge < -0.3 is 15.0 Å². The topological polar surface area (TPSA) is 87.3 Å². The monoisotopic (exact) mass is 328 g/mol. The molecular formula is C17H20N4O3. The molecule has 0 saturated heterocycles. The van der Waals surface area contributed by atoms with Crippen molar-refractivity contribution in [1.82, 2.24) is 20.4 Å². The fraction of sp³-hybridized carbons (Fsp3) is 0.353. The second-order valence-electron chi connectivity index (χ2n) is 5.70. The highest BCUT2D eigenvalue weighted by molar-refractivity contribution is 5.94. The smallest absolute Gasteiger partial charge is 0.272 e. The SMILES string of the molecule is COCC(=O)N1CCc2[nH]nc(C(=O)NCc3ccccc3)c2C1. The number of benzene rings is 1. The summed E-state index contributed by atoms with van der Waals surface area (Å²) in [5, 5.41) is 9.93. The lowest BCUT2D eigenvalue weighted by Gasteiger charge is -2.26. The van der Waals surface area contributed by atoms with E-state index in [-0.39, 0.29) is 18.4 Å². The van der Waals surface area contributed by atoms with Gasteiger partial charge in [0, 0.05) is 44.4 Å². The molecule has 1 aromatic carbocycles. The van der Waals surface area contributed by atoms with Crippen molar-refractivity contribution in [3.05, 3.63) is 52.8 Å². The van der Waals surface area contributed by atoms with E-state index in [1.54, 1.807) is 4.90 Å². The van der Waals surface area contributed by atoms with E-state index in [4.69, 9.17) is 4.74 Å². The van der Waals surface area contributed by atoms with Crippen molar-refractivity contribution in [1.29, 1.82) is 0 Å². The van der Waals surface area contributed by atoms with Crippen molar-refractivity contribution >= 4 is 11.8 Å². The van der Waals surface area contributed by atoms with Crippen LogP contribution in [0.2, 0.25) is 0 Å². The molecule has 0 spiro atoms. The maximum absolute atomic E-state index is 12.4. The van der Waals surface area contributed by atoms with E-state index in [0.717, 1.165) is 16.8 Å². The summed E-state index contributed by atoms with van der Waals surface area (Å²) in [5.74, 6) is -0.322. The van der Waals surface area contributed by atoms with Gasteiger partial charge in [0.2, 0.25) is 5.91 Å². The number of rotatable bonds is 5. The van der Waals surface area contributed by atoms with Gasteiger partial charge in [-0.15, -0.1) is 0 Å². The van der Waals surface area contributed by atoms with Crippen molar-refractivity contribution in [2.45, 2.75) is 19.5 Å². The quantitative estimate of drug-likeness (QED) is 0.853. The van der Waals surface area contributed by atoms with Gasteiger partial charge in [-0.3, -0.25) is 14.7 Å². The van der Waals surface area contributed by atoms with E-state index in [0.29, 0.717) is 31.7 Å². The molecule has 126 valence electrons. The van der Waals surface area contributed by atoms with Crippen LogP contribution in [0.25, 0.3) is 0 Å². The zero-order valence-electron chi connectivity index (χ0n) is 13.5. The third-order valence-corrected chi connectivity index (χ3v) is 4.06. The number of hydrogen-bond donors (Lipinski definition) is 2. The highest BCUT2D eigenvalue weighted by Crippen LogP contribution is 2.20. The molecule has 0 bridgehead atoms. The summed E-state index contributed by atoms with van der Waals surface area (Å²) in [6.45, 7) is 1.46. The molecule has 2 heterocycles. The van der Waals surface area contributed by atoms with E-state index >= 15 is 0 Å². The molecule has 1 aliphatic rings. The molecule has 1 aromatic heterocycles. The standard InChI is InChI=1S/C17H20N4O3/c1-24-11-15(22)21-8-7-14-13(10-21)16(20-19-14)17(23)18-9-12-5-3-2-4-6-12/h2-6H,7-11H2,1H3,(H,18,23)(H,19,20). The number of ether oxygens (including phenoxy) is 1. The Labute approximate surface area is 140 Å². The second kappa shape index (κ2) is 7.27. The predicted octanol–water partition coefficient (Wildman–Crippen LogP) is 0.871. The largest absolute Gasteiger partial charge is 0.375 e. The number of H-pyrrole nitrogens is 1. The molecular weight excluding hydrogens is 308 g/mol. The third kappa shape index (κ3) is 3.46. The van der Waals surface area contributed by atoms with Crippen LogP contribution in [0, 0.1) is 0 Å². The molecule has 2 aromatic rings. The molecule has 2 amide bonds. The number of nitrogens with zero attached hydrogens (tertiary/aromatic N) is 2. The molecule has 0 unspecified atom stereocenters. The number of methoxy groups -OCH3 is 1. The van der Waals surface area contributed by atoms with Crippen molar-refractivity contribution in [2.24, 2.45) is 0 Å². The number of carbonyl (C=O) groups is 2. The van der Waals surface area contributed by atoms with E-state index in [1.807, 2.05) is 30.3 Å². The Balaban J connectivity index is 1.68. The summed E-state index contributed by atoms with van der Waals surface area (Å²) in [4.78, 5) is 26.1. The maximum atomic E-state index is 12.4. The number of aromatic amines is 1. The van der Waals surface area contributed by atoms with E-state index in [1.165, 1.54) is 7.11 Å². The maximum Gasteiger partial charge on any atom is 0.272 e. The Kier molecular flexibility index (Phi) is 4.90. The summed E-state index contributed by atoms with van der Waals surface area (Å²) >= 11 is 0. The lowest BCUT2D eigenvalue weighted by atomic mass is 10.0. The first kappa shape index (κ1) is 16.2. The number of carbonyl (C=O) groups excluding carboxylic acids is 2. The molecule has 0 fully saturated rings. The summed E-state index contributed by atoms with van der Waals surface area (Å²) in [7, 11) is 1.49. The number of nitrogens with one attached hydrogen (secondary N) is 2. The van der Waals surface area contributed by atoms with Gasteiger partial charge in [0.25, 0.3) is 5.91 Å². The number of amides is 2. The molecule has 0 saturated carbocycles. The zero-order valence-corrected chi connectivity index (χ0v) is 13.5. The van der Waals surface area contributed by atoms with Crippen LogP contribution >= 0.6 is 0 Å². The Bertz CT molecular complexity index is 727. The minimum atomic E-state index is -0.239. The van der Waals surface area contributed by atoms with Crippen LogP contribution in [0.3, 0.4) is 0 Å². The fourth-order valence-electron chi connectivity index (χ4n) is 2.77. The van der Waals surface area contributed by atoms with E-state index < -0.39 is 0 Å². The summed E-state index contributed by atoms with van der Waals surface area (Å²) in [6, 6.07) is 9.69. The van der Waals surface area contributed by atoms with Gasteiger partial charge in [-0.25, -0.2) is 0 Å². The number of fused-ring (bicyclic) bond motifs is 1. The summed E-state index contributed by atoms with van der Waals surface area (Å²) in [6.07, 6.45) is 0.657. The van der Waals surface area contributed by atoms with Crippen molar-refractivity contribution < 1.29 is 14.3 Å².